The van der Waals surface area contributed by atoms with Gasteiger partial charge in [-0.15, -0.1) is 0 Å². The fourth-order valence-electron chi connectivity index (χ4n) is 10.8. The molecule has 0 radical (unpaired) electrons. The van der Waals surface area contributed by atoms with Crippen LogP contribution in [0.2, 0.25) is 0 Å². The zero-order chi connectivity index (χ0) is 48.4. The lowest BCUT2D eigenvalue weighted by Crippen LogP contribution is -2.64. The van der Waals surface area contributed by atoms with Crippen molar-refractivity contribution in [1.29, 1.82) is 0 Å². The summed E-state index contributed by atoms with van der Waals surface area (Å²) in [5.41, 5.74) is 8.56. The summed E-state index contributed by atoms with van der Waals surface area (Å²) >= 11 is 0. The predicted octanol–water partition coefficient (Wildman–Crippen LogP) is 4.27. The number of aryl methyl sites for hydroxylation is 1. The van der Waals surface area contributed by atoms with E-state index in [1.54, 1.807) is 30.3 Å². The number of nitrogens with one attached hydrogen (secondary N) is 3. The molecule has 4 N–H and O–H groups in total. The third-order valence-corrected chi connectivity index (χ3v) is 16.5. The molecule has 364 valence electrons. The third kappa shape index (κ3) is 8.78. The summed E-state index contributed by atoms with van der Waals surface area (Å²) in [5, 5.41) is 19.0. The van der Waals surface area contributed by atoms with Gasteiger partial charge < -0.3 is 29.4 Å². The number of esters is 1. The molecule has 7 heterocycles. The number of fused-ring (bicyclic) bond motifs is 6. The number of carbonyl (C=O) groups excluding carboxylic acids is 4. The number of amides is 3. The van der Waals surface area contributed by atoms with Crippen LogP contribution < -0.4 is 16.1 Å². The molecule has 4 saturated heterocycles. The van der Waals surface area contributed by atoms with E-state index in [0.717, 1.165) is 39.0 Å². The minimum atomic E-state index is -3.55. The van der Waals surface area contributed by atoms with Gasteiger partial charge in [-0.05, 0) is 104 Å². The second-order valence-corrected chi connectivity index (χ2v) is 22.6. The Labute approximate surface area is 397 Å². The maximum absolute atomic E-state index is 14.8. The van der Waals surface area contributed by atoms with Crippen molar-refractivity contribution in [3.63, 3.8) is 0 Å². The van der Waals surface area contributed by atoms with Crippen molar-refractivity contribution in [1.82, 2.24) is 39.8 Å². The Morgan fingerprint density at radius 3 is 2.53 bits per heavy atom. The van der Waals surface area contributed by atoms with Gasteiger partial charge in [-0.1, -0.05) is 39.8 Å². The van der Waals surface area contributed by atoms with Crippen LogP contribution in [0.5, 0.6) is 5.75 Å². The van der Waals surface area contributed by atoms with E-state index in [1.165, 1.54) is 9.31 Å². The Kier molecular flexibility index (Phi) is 12.7. The number of rotatable bonds is 10. The number of hydrazine groups is 1. The first kappa shape index (κ1) is 47.7. The molecule has 17 nitrogen and oxygen atoms in total. The van der Waals surface area contributed by atoms with Crippen molar-refractivity contribution >= 4 is 44.6 Å². The van der Waals surface area contributed by atoms with Gasteiger partial charge in [0, 0.05) is 80.9 Å². The number of sulfonamides is 1. The summed E-state index contributed by atoms with van der Waals surface area (Å²) in [7, 11) is -1.88. The first-order chi connectivity index (χ1) is 32.3. The number of nitrogens with zero attached hydrogens (tertiary/aromatic N) is 5. The van der Waals surface area contributed by atoms with Gasteiger partial charge >= 0.3 is 5.97 Å². The van der Waals surface area contributed by atoms with Gasteiger partial charge in [-0.2, -0.15) is 4.31 Å². The third-order valence-electron chi connectivity index (χ3n) is 14.5. The van der Waals surface area contributed by atoms with Crippen molar-refractivity contribution in [3.05, 3.63) is 71.5 Å². The summed E-state index contributed by atoms with van der Waals surface area (Å²) in [4.78, 5) is 63.9. The van der Waals surface area contributed by atoms with Crippen molar-refractivity contribution in [2.45, 2.75) is 110 Å². The molecule has 3 amide bonds. The maximum atomic E-state index is 14.8. The van der Waals surface area contributed by atoms with Gasteiger partial charge in [0.05, 0.1) is 29.5 Å². The minimum Gasteiger partial charge on any atom is -0.508 e. The molecule has 5 aliphatic heterocycles. The van der Waals surface area contributed by atoms with Crippen LogP contribution in [0.4, 0.5) is 0 Å². The summed E-state index contributed by atoms with van der Waals surface area (Å²) in [6, 6.07) is 12.4. The van der Waals surface area contributed by atoms with Gasteiger partial charge in [-0.3, -0.25) is 34.5 Å². The Balaban J connectivity index is 1.09. The average Bonchev–Trinajstić information content (AvgIpc) is 4.06. The largest absolute Gasteiger partial charge is 0.508 e. The van der Waals surface area contributed by atoms with Crippen LogP contribution in [-0.4, -0.2) is 131 Å². The number of carbonyl (C=O) groups is 4. The Bertz CT molecular complexity index is 2760. The van der Waals surface area contributed by atoms with Crippen LogP contribution >= 0.6 is 0 Å². The second kappa shape index (κ2) is 18.2. The zero-order valence-corrected chi connectivity index (χ0v) is 40.8. The number of aromatic hydroxyl groups is 1. The quantitative estimate of drug-likeness (QED) is 0.130. The average molecular weight is 953 g/mol. The zero-order valence-electron chi connectivity index (χ0n) is 40.0. The number of ether oxygens (including phenoxy) is 2. The number of benzene rings is 2. The highest BCUT2D eigenvalue weighted by atomic mass is 32.2. The molecule has 5 atom stereocenters. The fourth-order valence-corrected chi connectivity index (χ4v) is 12.5. The number of cyclic esters (lactones) is 1. The number of hydrogen-bond acceptors (Lipinski definition) is 12. The molecule has 4 aromatic rings. The van der Waals surface area contributed by atoms with Gasteiger partial charge in [0.15, 0.2) is 0 Å². The molecule has 0 aliphatic carbocycles. The number of hydrogen-bond donors (Lipinski definition) is 4. The van der Waals surface area contributed by atoms with Gasteiger partial charge in [0.2, 0.25) is 21.8 Å². The molecule has 9 rings (SSSR count). The molecular formula is C50H64N8O9S. The number of pyridine rings is 1. The highest BCUT2D eigenvalue weighted by Crippen LogP contribution is 2.45. The Morgan fingerprint density at radius 2 is 1.82 bits per heavy atom. The maximum Gasteiger partial charge on any atom is 0.324 e. The molecule has 18 heteroatoms. The van der Waals surface area contributed by atoms with E-state index in [0.29, 0.717) is 49.9 Å². The molecule has 2 aromatic heterocycles. The van der Waals surface area contributed by atoms with Crippen LogP contribution in [0.1, 0.15) is 83.7 Å². The van der Waals surface area contributed by atoms with Crippen LogP contribution in [-0.2, 0) is 58.1 Å². The van der Waals surface area contributed by atoms with Crippen molar-refractivity contribution in [2.75, 3.05) is 46.4 Å². The summed E-state index contributed by atoms with van der Waals surface area (Å²) in [5.74, 6) is -2.16. The Morgan fingerprint density at radius 1 is 1.06 bits per heavy atom. The topological polar surface area (TPSA) is 215 Å². The molecule has 6 bridgehead atoms. The summed E-state index contributed by atoms with van der Waals surface area (Å²) in [6.07, 6.45) is 3.32. The molecule has 4 fully saturated rings. The van der Waals surface area contributed by atoms with E-state index in [9.17, 15) is 32.7 Å². The number of likely N-dealkylation sites (tertiary alicyclic amines) is 1. The van der Waals surface area contributed by atoms with Crippen molar-refractivity contribution < 1.29 is 42.2 Å². The molecule has 2 aromatic carbocycles. The monoisotopic (exact) mass is 952 g/mol. The van der Waals surface area contributed by atoms with Crippen molar-refractivity contribution in [2.24, 2.45) is 16.7 Å². The Hall–Kier alpha value is -5.40. The summed E-state index contributed by atoms with van der Waals surface area (Å²) < 4.78 is 41.4. The standard InChI is InChI=1S/C50H64N8O9S/c1-8-56-40-14-13-32-23-36(40)37(44(56)35-11-9-16-51-42(35)30(4)66-7)24-49(5,6)28-67-47(62)38-12-10-17-58(54-38)46(61)39(21-31-19-33(32)22-34(59)20-31)53-45(60)43(29(2)3)57-18-15-50(48(57)63)26-55(27-50)68(64,65)41-25-52-41/h9,11,13-14,16,19-20,22-23,29-30,38-39,41,43,52,54,59H,8,10,12,15,17-18,21,24-28H2,1-7H3,(H,53,60)/t30-,38-,39-,41-,43?/m0/s1. The van der Waals surface area contributed by atoms with E-state index in [-0.39, 0.29) is 62.9 Å². The highest BCUT2D eigenvalue weighted by Gasteiger charge is 2.61. The number of phenols is 1. The molecule has 1 unspecified atom stereocenters. The molecule has 68 heavy (non-hydrogen) atoms. The smallest absolute Gasteiger partial charge is 0.324 e. The highest BCUT2D eigenvalue weighted by molar-refractivity contribution is 7.90. The van der Waals surface area contributed by atoms with Crippen LogP contribution in [0.15, 0.2) is 54.7 Å². The fraction of sp³-hybridized carbons (Fsp3) is 0.540. The first-order valence-electron chi connectivity index (χ1n) is 23.9. The minimum absolute atomic E-state index is 0.0211. The number of phenolic OH excluding ortho intramolecular Hbond substituents is 1. The molecular weight excluding hydrogens is 889 g/mol. The van der Waals surface area contributed by atoms with Gasteiger partial charge in [0.25, 0.3) is 5.91 Å². The van der Waals surface area contributed by atoms with Gasteiger partial charge in [0.1, 0.15) is 29.2 Å². The van der Waals surface area contributed by atoms with E-state index < -0.39 is 62.1 Å². The van der Waals surface area contributed by atoms with Gasteiger partial charge in [-0.25, -0.2) is 13.8 Å². The lowest BCUT2D eigenvalue weighted by atomic mass is 9.80. The van der Waals surface area contributed by atoms with E-state index >= 15 is 0 Å². The van der Waals surface area contributed by atoms with Crippen molar-refractivity contribution in [3.8, 4) is 28.1 Å². The molecule has 5 aliphatic rings. The molecule has 1 spiro atoms. The first-order valence-corrected chi connectivity index (χ1v) is 25.4. The molecule has 0 saturated carbocycles. The normalized spacial score (nSPS) is 23.9. The SMILES string of the molecule is CCn1c(-c2cccnc2[C@H](C)OC)c2c3cc(ccc31)-c1cc(O)cc(c1)C[C@H](NC(=O)C(C(C)C)N1CCC3(CN(S(=O)(=O)[C@H]4CN4)C3)C1=O)C(=O)N1CCC[C@H](N1)C(=O)OCC(C)(C)C2. The van der Waals surface area contributed by atoms with E-state index in [2.05, 4.69) is 59.6 Å². The number of methoxy groups -OCH3 is 1. The predicted molar refractivity (Wildman–Crippen MR) is 255 cm³/mol. The van der Waals surface area contributed by atoms with Crippen LogP contribution in [0.25, 0.3) is 33.3 Å². The number of aromatic nitrogens is 2. The second-order valence-electron chi connectivity index (χ2n) is 20.5. The summed E-state index contributed by atoms with van der Waals surface area (Å²) in [6.45, 7) is 13.7. The van der Waals surface area contributed by atoms with E-state index in [4.69, 9.17) is 14.5 Å². The van der Waals surface area contributed by atoms with Crippen LogP contribution in [0.3, 0.4) is 0 Å². The lowest BCUT2D eigenvalue weighted by molar-refractivity contribution is -0.155. The van der Waals surface area contributed by atoms with Crippen LogP contribution in [0, 0.1) is 16.7 Å². The van der Waals surface area contributed by atoms with E-state index in [1.807, 2.05) is 39.0 Å². The lowest BCUT2D eigenvalue weighted by Gasteiger charge is -2.45.